The van der Waals surface area contributed by atoms with E-state index in [1.165, 1.54) is 12.8 Å². The van der Waals surface area contributed by atoms with Crippen LogP contribution in [-0.2, 0) is 4.79 Å². The molecular weight excluding hydrogens is 268 g/mol. The first kappa shape index (κ1) is 16.1. The van der Waals surface area contributed by atoms with E-state index < -0.39 is 11.9 Å². The molecule has 2 heterocycles. The lowest BCUT2D eigenvalue weighted by Crippen LogP contribution is -2.52. The van der Waals surface area contributed by atoms with E-state index >= 15 is 0 Å². The fourth-order valence-electron chi connectivity index (χ4n) is 3.68. The van der Waals surface area contributed by atoms with Crippen LogP contribution in [0, 0.1) is 11.3 Å². The Kier molecular flexibility index (Phi) is 5.12. The molecule has 120 valence electrons. The number of aliphatic carboxylic acids is 1. The lowest BCUT2D eigenvalue weighted by Gasteiger charge is -2.43. The summed E-state index contributed by atoms with van der Waals surface area (Å²) in [5.74, 6) is -1.17. The molecule has 0 bridgehead atoms. The van der Waals surface area contributed by atoms with E-state index in [9.17, 15) is 9.59 Å². The lowest BCUT2D eigenvalue weighted by molar-refractivity contribution is -0.143. The van der Waals surface area contributed by atoms with Gasteiger partial charge in [0.2, 0.25) is 0 Å². The van der Waals surface area contributed by atoms with Gasteiger partial charge in [-0.05, 0) is 31.1 Å². The first-order chi connectivity index (χ1) is 10.0. The van der Waals surface area contributed by atoms with Gasteiger partial charge in [-0.25, -0.2) is 4.79 Å². The molecule has 2 saturated heterocycles. The number of nitrogens with zero attached hydrogens (tertiary/aromatic N) is 2. The minimum absolute atomic E-state index is 0.0433. The second kappa shape index (κ2) is 6.67. The minimum atomic E-state index is -0.776. The third-order valence-corrected chi connectivity index (χ3v) is 5.64. The van der Waals surface area contributed by atoms with Gasteiger partial charge >= 0.3 is 12.0 Å². The van der Waals surface area contributed by atoms with Crippen molar-refractivity contribution in [2.24, 2.45) is 11.3 Å². The van der Waals surface area contributed by atoms with Gasteiger partial charge in [-0.15, -0.1) is 0 Å². The maximum Gasteiger partial charge on any atom is 0.320 e. The van der Waals surface area contributed by atoms with Gasteiger partial charge in [-0.3, -0.25) is 4.79 Å². The van der Waals surface area contributed by atoms with E-state index in [1.807, 2.05) is 4.90 Å². The molecule has 2 aliphatic rings. The molecule has 0 aromatic rings. The second-order valence-corrected chi connectivity index (χ2v) is 6.60. The Labute approximate surface area is 127 Å². The van der Waals surface area contributed by atoms with E-state index in [0.717, 1.165) is 32.4 Å². The van der Waals surface area contributed by atoms with E-state index in [4.69, 9.17) is 5.11 Å². The minimum Gasteiger partial charge on any atom is -0.481 e. The van der Waals surface area contributed by atoms with Crippen LogP contribution in [0.15, 0.2) is 0 Å². The van der Waals surface area contributed by atoms with E-state index in [0.29, 0.717) is 24.9 Å². The van der Waals surface area contributed by atoms with Crippen LogP contribution in [0.25, 0.3) is 0 Å². The largest absolute Gasteiger partial charge is 0.481 e. The highest BCUT2D eigenvalue weighted by molar-refractivity contribution is 5.76. The summed E-state index contributed by atoms with van der Waals surface area (Å²) < 4.78 is 0. The van der Waals surface area contributed by atoms with Gasteiger partial charge in [0.15, 0.2) is 0 Å². The van der Waals surface area contributed by atoms with Gasteiger partial charge in [-0.1, -0.05) is 26.7 Å². The summed E-state index contributed by atoms with van der Waals surface area (Å²) in [5.41, 5.74) is 0.405. The number of carbonyl (C=O) groups excluding carboxylic acids is 1. The van der Waals surface area contributed by atoms with Gasteiger partial charge in [0, 0.05) is 26.2 Å². The predicted molar refractivity (Wildman–Crippen MR) is 81.2 cm³/mol. The molecule has 0 aromatic heterocycles. The van der Waals surface area contributed by atoms with Crippen molar-refractivity contribution in [3.05, 3.63) is 0 Å². The van der Waals surface area contributed by atoms with Crippen molar-refractivity contribution < 1.29 is 14.7 Å². The van der Waals surface area contributed by atoms with Crippen molar-refractivity contribution in [3.63, 3.8) is 0 Å². The molecule has 0 radical (unpaired) electrons. The molecular formula is C16H28N2O3. The molecule has 5 nitrogen and oxygen atoms in total. The Morgan fingerprint density at radius 2 is 1.71 bits per heavy atom. The number of carboxylic acids is 1. The Hall–Kier alpha value is -1.26. The molecule has 0 aromatic carbocycles. The number of urea groups is 1. The number of amides is 2. The quantitative estimate of drug-likeness (QED) is 0.871. The molecule has 0 aliphatic carbocycles. The molecule has 0 spiro atoms. The average Bonchev–Trinajstić information content (AvgIpc) is 2.54. The van der Waals surface area contributed by atoms with Crippen LogP contribution in [0.4, 0.5) is 4.79 Å². The van der Waals surface area contributed by atoms with Crippen molar-refractivity contribution in [2.45, 2.75) is 52.4 Å². The summed E-state index contributed by atoms with van der Waals surface area (Å²) in [4.78, 5) is 27.3. The number of piperidine rings is 2. The maximum absolute atomic E-state index is 12.6. The Morgan fingerprint density at radius 1 is 1.10 bits per heavy atom. The number of hydrogen-bond donors (Lipinski definition) is 1. The van der Waals surface area contributed by atoms with Gasteiger partial charge in [0.1, 0.15) is 0 Å². The van der Waals surface area contributed by atoms with Gasteiger partial charge in [-0.2, -0.15) is 0 Å². The van der Waals surface area contributed by atoms with Crippen molar-refractivity contribution in [1.29, 1.82) is 0 Å². The maximum atomic E-state index is 12.6. The monoisotopic (exact) mass is 296 g/mol. The third-order valence-electron chi connectivity index (χ3n) is 5.64. The summed E-state index contributed by atoms with van der Waals surface area (Å²) in [7, 11) is 0. The summed E-state index contributed by atoms with van der Waals surface area (Å²) in [6.07, 6.45) is 5.98. The number of hydrogen-bond acceptors (Lipinski definition) is 2. The first-order valence-corrected chi connectivity index (χ1v) is 8.28. The number of likely N-dealkylation sites (tertiary alicyclic amines) is 2. The van der Waals surface area contributed by atoms with Crippen LogP contribution in [-0.4, -0.2) is 53.1 Å². The molecule has 1 N–H and O–H groups in total. The summed E-state index contributed by atoms with van der Waals surface area (Å²) in [6.45, 7) is 7.18. The normalized spacial score (nSPS) is 25.7. The number of carbonyl (C=O) groups is 2. The smallest absolute Gasteiger partial charge is 0.320 e. The Bertz CT molecular complexity index is 383. The molecule has 2 fully saturated rings. The summed E-state index contributed by atoms with van der Waals surface area (Å²) in [5, 5.41) is 9.13. The van der Waals surface area contributed by atoms with Crippen molar-refractivity contribution in [2.75, 3.05) is 26.2 Å². The average molecular weight is 296 g/mol. The predicted octanol–water partition coefficient (Wildman–Crippen LogP) is 2.81. The van der Waals surface area contributed by atoms with Crippen LogP contribution in [0.1, 0.15) is 52.4 Å². The molecule has 2 rings (SSSR count). The molecule has 5 heteroatoms. The molecule has 0 unspecified atom stereocenters. The van der Waals surface area contributed by atoms with Crippen LogP contribution < -0.4 is 0 Å². The number of carboxylic acid groups (broad SMARTS) is 1. The van der Waals surface area contributed by atoms with Crippen LogP contribution in [0.5, 0.6) is 0 Å². The molecule has 21 heavy (non-hydrogen) atoms. The topological polar surface area (TPSA) is 60.9 Å². The van der Waals surface area contributed by atoms with Crippen molar-refractivity contribution >= 4 is 12.0 Å². The standard InChI is InChI=1S/C16H28N2O3/c1-3-16(4-2)7-10-17(11-8-16)15(21)18-9-5-6-13(12-18)14(19)20/h13H,3-12H2,1-2H3,(H,19,20)/t13-/m1/s1. The fourth-order valence-corrected chi connectivity index (χ4v) is 3.68. The van der Waals surface area contributed by atoms with E-state index in [-0.39, 0.29) is 6.03 Å². The molecule has 1 atom stereocenters. The zero-order valence-corrected chi connectivity index (χ0v) is 13.3. The van der Waals surface area contributed by atoms with Crippen LogP contribution in [0.3, 0.4) is 0 Å². The first-order valence-electron chi connectivity index (χ1n) is 8.28. The van der Waals surface area contributed by atoms with Crippen LogP contribution in [0.2, 0.25) is 0 Å². The highest BCUT2D eigenvalue weighted by Crippen LogP contribution is 2.38. The molecule has 2 amide bonds. The summed E-state index contributed by atoms with van der Waals surface area (Å²) >= 11 is 0. The van der Waals surface area contributed by atoms with Gasteiger partial charge in [0.25, 0.3) is 0 Å². The number of rotatable bonds is 3. The third kappa shape index (κ3) is 3.50. The molecule has 0 saturated carbocycles. The second-order valence-electron chi connectivity index (χ2n) is 6.60. The SMILES string of the molecule is CCC1(CC)CCN(C(=O)N2CCC[C@@H](C(=O)O)C2)CC1. The fraction of sp³-hybridized carbons (Fsp3) is 0.875. The highest BCUT2D eigenvalue weighted by Gasteiger charge is 2.36. The highest BCUT2D eigenvalue weighted by atomic mass is 16.4. The van der Waals surface area contributed by atoms with E-state index in [1.54, 1.807) is 4.90 Å². The summed E-state index contributed by atoms with van der Waals surface area (Å²) in [6, 6.07) is 0.0433. The van der Waals surface area contributed by atoms with Gasteiger partial charge in [0.05, 0.1) is 5.92 Å². The lowest BCUT2D eigenvalue weighted by atomic mass is 9.74. The van der Waals surface area contributed by atoms with Crippen molar-refractivity contribution in [1.82, 2.24) is 9.80 Å². The Morgan fingerprint density at radius 3 is 2.24 bits per heavy atom. The van der Waals surface area contributed by atoms with E-state index in [2.05, 4.69) is 13.8 Å². The zero-order chi connectivity index (χ0) is 15.5. The molecule has 2 aliphatic heterocycles. The zero-order valence-electron chi connectivity index (χ0n) is 13.3. The van der Waals surface area contributed by atoms with Crippen molar-refractivity contribution in [3.8, 4) is 0 Å². The van der Waals surface area contributed by atoms with Gasteiger partial charge < -0.3 is 14.9 Å². The Balaban J connectivity index is 1.91. The van der Waals surface area contributed by atoms with Crippen LogP contribution >= 0.6 is 0 Å².